The first-order valence-corrected chi connectivity index (χ1v) is 8.46. The highest BCUT2D eigenvalue weighted by Crippen LogP contribution is 2.28. The molecule has 1 aliphatic rings. The highest BCUT2D eigenvalue weighted by molar-refractivity contribution is 7.08. The first-order valence-electron chi connectivity index (χ1n) is 7.52. The van der Waals surface area contributed by atoms with Crippen molar-refractivity contribution in [2.24, 2.45) is 0 Å². The Morgan fingerprint density at radius 1 is 1.26 bits per heavy atom. The van der Waals surface area contributed by atoms with Crippen molar-refractivity contribution in [2.75, 3.05) is 13.1 Å². The summed E-state index contributed by atoms with van der Waals surface area (Å²) in [7, 11) is 0. The zero-order valence-corrected chi connectivity index (χ0v) is 13.2. The largest absolute Gasteiger partial charge is 0.338 e. The zero-order chi connectivity index (χ0) is 15.6. The van der Waals surface area contributed by atoms with Crippen molar-refractivity contribution >= 4 is 17.2 Å². The molecule has 1 aromatic carbocycles. The molecule has 1 atom stereocenters. The summed E-state index contributed by atoms with van der Waals surface area (Å²) >= 11 is 1.54. The molecule has 1 aliphatic heterocycles. The van der Waals surface area contributed by atoms with Crippen LogP contribution in [0.2, 0.25) is 0 Å². The van der Waals surface area contributed by atoms with Gasteiger partial charge in [0.2, 0.25) is 0 Å². The maximum Gasteiger partial charge on any atom is 0.257 e. The summed E-state index contributed by atoms with van der Waals surface area (Å²) in [5, 5.41) is 7.92. The minimum atomic E-state index is 0.0838. The molecule has 0 unspecified atom stereocenters. The van der Waals surface area contributed by atoms with Gasteiger partial charge >= 0.3 is 0 Å². The van der Waals surface area contributed by atoms with Crippen molar-refractivity contribution in [2.45, 2.75) is 12.3 Å². The summed E-state index contributed by atoms with van der Waals surface area (Å²) in [5.74, 6) is 1.44. The van der Waals surface area contributed by atoms with Gasteiger partial charge in [-0.2, -0.15) is 16.3 Å². The van der Waals surface area contributed by atoms with Crippen LogP contribution in [-0.2, 0) is 0 Å². The van der Waals surface area contributed by atoms with Crippen LogP contribution in [0.25, 0.3) is 11.5 Å². The Bertz CT molecular complexity index is 798. The molecule has 0 aliphatic carbocycles. The van der Waals surface area contributed by atoms with Gasteiger partial charge in [-0.05, 0) is 30.0 Å². The number of amides is 1. The summed E-state index contributed by atoms with van der Waals surface area (Å²) in [6.07, 6.45) is 0.865. The van der Waals surface area contributed by atoms with Gasteiger partial charge in [0.25, 0.3) is 11.8 Å². The van der Waals surface area contributed by atoms with Crippen LogP contribution in [0, 0.1) is 0 Å². The molecule has 1 fully saturated rings. The van der Waals surface area contributed by atoms with Crippen molar-refractivity contribution in [1.29, 1.82) is 0 Å². The summed E-state index contributed by atoms with van der Waals surface area (Å²) < 4.78 is 5.37. The molecular formula is C17H15N3O2S. The monoisotopic (exact) mass is 325 g/mol. The van der Waals surface area contributed by atoms with Gasteiger partial charge in [0.15, 0.2) is 5.82 Å². The number of rotatable bonds is 3. The Hall–Kier alpha value is -2.47. The van der Waals surface area contributed by atoms with Gasteiger partial charge in [-0.15, -0.1) is 0 Å². The van der Waals surface area contributed by atoms with Crippen LogP contribution in [0.5, 0.6) is 0 Å². The van der Waals surface area contributed by atoms with E-state index in [9.17, 15) is 4.79 Å². The second kappa shape index (κ2) is 5.96. The number of carbonyl (C=O) groups excluding carboxylic acids is 1. The maximum atomic E-state index is 12.4. The van der Waals surface area contributed by atoms with E-state index in [2.05, 4.69) is 10.1 Å². The molecule has 0 spiro atoms. The molecular weight excluding hydrogens is 310 g/mol. The summed E-state index contributed by atoms with van der Waals surface area (Å²) in [4.78, 5) is 18.8. The van der Waals surface area contributed by atoms with E-state index in [0.29, 0.717) is 18.3 Å². The van der Waals surface area contributed by atoms with Crippen LogP contribution in [0.1, 0.15) is 28.5 Å². The Balaban J connectivity index is 1.48. The summed E-state index contributed by atoms with van der Waals surface area (Å²) in [6, 6.07) is 11.6. The average molecular weight is 325 g/mol. The average Bonchev–Trinajstić information content (AvgIpc) is 3.35. The first kappa shape index (κ1) is 14.1. The fraction of sp³-hybridized carbons (Fsp3) is 0.235. The molecule has 23 heavy (non-hydrogen) atoms. The number of carbonyl (C=O) groups is 1. The summed E-state index contributed by atoms with van der Waals surface area (Å²) in [6.45, 7) is 1.37. The normalized spacial score (nSPS) is 17.6. The Morgan fingerprint density at radius 3 is 2.91 bits per heavy atom. The third-order valence-corrected chi connectivity index (χ3v) is 4.75. The maximum absolute atomic E-state index is 12.4. The van der Waals surface area contributed by atoms with Gasteiger partial charge in [0, 0.05) is 30.0 Å². The van der Waals surface area contributed by atoms with Crippen LogP contribution >= 0.6 is 11.3 Å². The lowest BCUT2D eigenvalue weighted by molar-refractivity contribution is 0.0791. The third kappa shape index (κ3) is 2.77. The standard InChI is InChI=1S/C17H15N3O2S/c21-17(14-7-9-23-11-14)20-8-6-13(10-20)15-18-16(22-19-15)12-4-2-1-3-5-12/h1-5,7,9,11,13H,6,8,10H2/t13-/m0/s1. The summed E-state index contributed by atoms with van der Waals surface area (Å²) in [5.41, 5.74) is 1.67. The van der Waals surface area contributed by atoms with Crippen molar-refractivity contribution in [1.82, 2.24) is 15.0 Å². The quantitative estimate of drug-likeness (QED) is 0.740. The van der Waals surface area contributed by atoms with E-state index >= 15 is 0 Å². The molecule has 2 aromatic heterocycles. The van der Waals surface area contributed by atoms with Crippen molar-refractivity contribution in [3.05, 3.63) is 58.5 Å². The van der Waals surface area contributed by atoms with Gasteiger partial charge in [-0.25, -0.2) is 0 Å². The molecule has 116 valence electrons. The van der Waals surface area contributed by atoms with Crippen molar-refractivity contribution < 1.29 is 9.32 Å². The lowest BCUT2D eigenvalue weighted by Crippen LogP contribution is -2.28. The lowest BCUT2D eigenvalue weighted by atomic mass is 10.1. The fourth-order valence-electron chi connectivity index (χ4n) is 2.82. The van der Waals surface area contributed by atoms with E-state index in [-0.39, 0.29) is 11.8 Å². The number of likely N-dealkylation sites (tertiary alicyclic amines) is 1. The van der Waals surface area contributed by atoms with E-state index in [1.807, 2.05) is 52.1 Å². The van der Waals surface area contributed by atoms with Crippen LogP contribution in [-0.4, -0.2) is 34.0 Å². The number of benzene rings is 1. The van der Waals surface area contributed by atoms with Gasteiger partial charge in [-0.3, -0.25) is 4.79 Å². The molecule has 1 saturated heterocycles. The van der Waals surface area contributed by atoms with E-state index < -0.39 is 0 Å². The molecule has 3 aromatic rings. The van der Waals surface area contributed by atoms with Crippen LogP contribution in [0.15, 0.2) is 51.7 Å². The third-order valence-electron chi connectivity index (χ3n) is 4.07. The van der Waals surface area contributed by atoms with Gasteiger partial charge in [0.05, 0.1) is 5.56 Å². The first-order chi connectivity index (χ1) is 11.3. The van der Waals surface area contributed by atoms with Crippen LogP contribution in [0.4, 0.5) is 0 Å². The Labute approximate surface area is 137 Å². The van der Waals surface area contributed by atoms with Gasteiger partial charge < -0.3 is 9.42 Å². The highest BCUT2D eigenvalue weighted by Gasteiger charge is 2.31. The van der Waals surface area contributed by atoms with Crippen LogP contribution in [0.3, 0.4) is 0 Å². The molecule has 4 rings (SSSR count). The SMILES string of the molecule is O=C(c1ccsc1)N1CC[C@H](c2noc(-c3ccccc3)n2)C1. The molecule has 5 nitrogen and oxygen atoms in total. The van der Waals surface area contributed by atoms with E-state index in [4.69, 9.17) is 4.52 Å². The van der Waals surface area contributed by atoms with E-state index in [0.717, 1.165) is 24.1 Å². The van der Waals surface area contributed by atoms with Crippen molar-refractivity contribution in [3.8, 4) is 11.5 Å². The number of thiophene rings is 1. The number of hydrogen-bond donors (Lipinski definition) is 0. The lowest BCUT2D eigenvalue weighted by Gasteiger charge is -2.14. The molecule has 3 heterocycles. The Kier molecular flexibility index (Phi) is 3.67. The van der Waals surface area contributed by atoms with Gasteiger partial charge in [-0.1, -0.05) is 23.4 Å². The molecule has 0 bridgehead atoms. The minimum Gasteiger partial charge on any atom is -0.338 e. The predicted molar refractivity (Wildman–Crippen MR) is 87.3 cm³/mol. The second-order valence-corrected chi connectivity index (χ2v) is 6.35. The van der Waals surface area contributed by atoms with E-state index in [1.54, 1.807) is 0 Å². The molecule has 1 amide bonds. The van der Waals surface area contributed by atoms with Crippen molar-refractivity contribution in [3.63, 3.8) is 0 Å². The topological polar surface area (TPSA) is 59.2 Å². The number of hydrogen-bond acceptors (Lipinski definition) is 5. The smallest absolute Gasteiger partial charge is 0.257 e. The molecule has 0 radical (unpaired) electrons. The predicted octanol–water partition coefficient (Wildman–Crippen LogP) is 3.43. The highest BCUT2D eigenvalue weighted by atomic mass is 32.1. The fourth-order valence-corrected chi connectivity index (χ4v) is 3.45. The zero-order valence-electron chi connectivity index (χ0n) is 12.4. The minimum absolute atomic E-state index is 0.0838. The molecule has 0 saturated carbocycles. The van der Waals surface area contributed by atoms with Crippen LogP contribution < -0.4 is 0 Å². The number of aromatic nitrogens is 2. The number of nitrogens with zero attached hydrogens (tertiary/aromatic N) is 3. The molecule has 0 N–H and O–H groups in total. The second-order valence-electron chi connectivity index (χ2n) is 5.57. The van der Waals surface area contributed by atoms with Gasteiger partial charge in [0.1, 0.15) is 0 Å². The molecule has 6 heteroatoms. The van der Waals surface area contributed by atoms with E-state index in [1.165, 1.54) is 11.3 Å². The Morgan fingerprint density at radius 2 is 2.13 bits per heavy atom.